The maximum atomic E-state index is 11.8. The van der Waals surface area contributed by atoms with Gasteiger partial charge < -0.3 is 16.0 Å². The maximum Gasteiger partial charge on any atom is 0.244 e. The lowest BCUT2D eigenvalue weighted by Gasteiger charge is -2.21. The molecule has 0 aliphatic carbocycles. The van der Waals surface area contributed by atoms with E-state index in [1.807, 2.05) is 26.8 Å². The quantitative estimate of drug-likeness (QED) is 0.825. The van der Waals surface area contributed by atoms with Gasteiger partial charge in [-0.3, -0.25) is 4.79 Å². The van der Waals surface area contributed by atoms with Gasteiger partial charge in [0.05, 0.1) is 11.9 Å². The Bertz CT molecular complexity index is 405. The number of carbonyl (C=O) groups excluding carboxylic acids is 1. The molecule has 1 atom stereocenters. The van der Waals surface area contributed by atoms with Crippen molar-refractivity contribution in [1.29, 1.82) is 0 Å². The first-order chi connectivity index (χ1) is 7.95. The van der Waals surface area contributed by atoms with Crippen molar-refractivity contribution in [3.63, 3.8) is 0 Å². The van der Waals surface area contributed by atoms with Crippen molar-refractivity contribution < 1.29 is 4.79 Å². The highest BCUT2D eigenvalue weighted by molar-refractivity contribution is 5.83. The first-order valence-electron chi connectivity index (χ1n) is 5.69. The summed E-state index contributed by atoms with van der Waals surface area (Å²) >= 11 is 0. The number of carbonyl (C=O) groups is 1. The van der Waals surface area contributed by atoms with Gasteiger partial charge in [-0.15, -0.1) is 0 Å². The molecule has 0 spiro atoms. The van der Waals surface area contributed by atoms with E-state index in [0.717, 1.165) is 5.56 Å². The molecule has 0 radical (unpaired) electrons. The van der Waals surface area contributed by atoms with Gasteiger partial charge in [0.15, 0.2) is 0 Å². The number of likely N-dealkylation sites (N-methyl/N-ethyl adjacent to an activating group) is 1. The van der Waals surface area contributed by atoms with Crippen molar-refractivity contribution in [2.24, 2.45) is 0 Å². The molecule has 5 heteroatoms. The molecule has 1 amide bonds. The topological polar surface area (TPSA) is 71.2 Å². The molecular weight excluding hydrogens is 216 g/mol. The third-order valence-corrected chi connectivity index (χ3v) is 2.74. The normalized spacial score (nSPS) is 12.0. The molecule has 0 fully saturated rings. The van der Waals surface area contributed by atoms with E-state index in [0.29, 0.717) is 18.1 Å². The number of nitrogen functional groups attached to an aromatic ring is 1. The Hall–Kier alpha value is -1.78. The van der Waals surface area contributed by atoms with Crippen LogP contribution in [0.25, 0.3) is 0 Å². The summed E-state index contributed by atoms with van der Waals surface area (Å²) in [4.78, 5) is 17.6. The number of amides is 1. The molecule has 0 saturated heterocycles. The molecule has 1 heterocycles. The van der Waals surface area contributed by atoms with E-state index in [2.05, 4.69) is 10.3 Å². The minimum atomic E-state index is -0.296. The Morgan fingerprint density at radius 1 is 1.65 bits per heavy atom. The van der Waals surface area contributed by atoms with Crippen LogP contribution >= 0.6 is 0 Å². The van der Waals surface area contributed by atoms with Crippen LogP contribution in [0.15, 0.2) is 12.3 Å². The lowest BCUT2D eigenvalue weighted by atomic mass is 10.2. The Labute approximate surface area is 102 Å². The average Bonchev–Trinajstić information content (AvgIpc) is 2.31. The second-order valence-corrected chi connectivity index (χ2v) is 4.14. The van der Waals surface area contributed by atoms with Gasteiger partial charge in [-0.1, -0.05) is 0 Å². The third kappa shape index (κ3) is 3.34. The van der Waals surface area contributed by atoms with E-state index < -0.39 is 0 Å². The van der Waals surface area contributed by atoms with Crippen molar-refractivity contribution in [2.75, 3.05) is 24.6 Å². The minimum Gasteiger partial charge on any atom is -0.397 e. The number of nitrogens with one attached hydrogen (secondary N) is 1. The fourth-order valence-corrected chi connectivity index (χ4v) is 1.42. The van der Waals surface area contributed by atoms with E-state index in [1.165, 1.54) is 0 Å². The molecule has 94 valence electrons. The lowest BCUT2D eigenvalue weighted by Crippen LogP contribution is -2.39. The number of nitrogens with two attached hydrogens (primary N) is 1. The summed E-state index contributed by atoms with van der Waals surface area (Å²) < 4.78 is 0. The molecule has 17 heavy (non-hydrogen) atoms. The van der Waals surface area contributed by atoms with Crippen molar-refractivity contribution >= 4 is 17.4 Å². The van der Waals surface area contributed by atoms with Crippen LogP contribution in [0.4, 0.5) is 11.5 Å². The largest absolute Gasteiger partial charge is 0.397 e. The van der Waals surface area contributed by atoms with Crippen LogP contribution in [0, 0.1) is 6.92 Å². The van der Waals surface area contributed by atoms with Gasteiger partial charge >= 0.3 is 0 Å². The number of pyridine rings is 1. The minimum absolute atomic E-state index is 0.0452. The molecule has 1 aromatic heterocycles. The van der Waals surface area contributed by atoms with Gasteiger partial charge in [0, 0.05) is 13.6 Å². The fraction of sp³-hybridized carbons (Fsp3) is 0.500. The number of rotatable bonds is 4. The summed E-state index contributed by atoms with van der Waals surface area (Å²) in [5.74, 6) is 0.714. The summed E-state index contributed by atoms with van der Waals surface area (Å²) in [5.41, 5.74) is 7.29. The van der Waals surface area contributed by atoms with Crippen molar-refractivity contribution in [3.8, 4) is 0 Å². The number of nitrogens with zero attached hydrogens (tertiary/aromatic N) is 2. The van der Waals surface area contributed by atoms with Gasteiger partial charge in [0.2, 0.25) is 5.91 Å². The van der Waals surface area contributed by atoms with Crippen LogP contribution in [0.5, 0.6) is 0 Å². The summed E-state index contributed by atoms with van der Waals surface area (Å²) in [5, 5.41) is 3.07. The average molecular weight is 236 g/mol. The summed E-state index contributed by atoms with van der Waals surface area (Å²) in [6.45, 7) is 6.37. The summed E-state index contributed by atoms with van der Waals surface area (Å²) in [6.07, 6.45) is 1.60. The Kier molecular flexibility index (Phi) is 4.31. The van der Waals surface area contributed by atoms with Gasteiger partial charge in [0.25, 0.3) is 0 Å². The fourth-order valence-electron chi connectivity index (χ4n) is 1.42. The zero-order valence-corrected chi connectivity index (χ0v) is 10.8. The number of hydrogen-bond acceptors (Lipinski definition) is 4. The summed E-state index contributed by atoms with van der Waals surface area (Å²) in [7, 11) is 1.78. The summed E-state index contributed by atoms with van der Waals surface area (Å²) in [6, 6.07) is 1.54. The molecule has 0 saturated carbocycles. The molecule has 1 unspecified atom stereocenters. The molecule has 3 N–H and O–H groups in total. The second kappa shape index (κ2) is 5.52. The standard InChI is InChI=1S/C12H20N4O/c1-5-16(4)12(17)9(3)15-11-6-8(2)10(13)7-14-11/h6-7,9H,5,13H2,1-4H3,(H,14,15). The number of aromatic nitrogens is 1. The first-order valence-corrected chi connectivity index (χ1v) is 5.69. The third-order valence-electron chi connectivity index (χ3n) is 2.74. The van der Waals surface area contributed by atoms with Crippen molar-refractivity contribution in [3.05, 3.63) is 17.8 Å². The van der Waals surface area contributed by atoms with Gasteiger partial charge in [-0.2, -0.15) is 0 Å². The zero-order chi connectivity index (χ0) is 13.0. The van der Waals surface area contributed by atoms with Crippen molar-refractivity contribution in [1.82, 2.24) is 9.88 Å². The number of anilines is 2. The Balaban J connectivity index is 2.71. The van der Waals surface area contributed by atoms with E-state index in [1.54, 1.807) is 18.1 Å². The van der Waals surface area contributed by atoms with Crippen LogP contribution in [-0.4, -0.2) is 35.4 Å². The predicted molar refractivity (Wildman–Crippen MR) is 69.8 cm³/mol. The van der Waals surface area contributed by atoms with E-state index in [4.69, 9.17) is 5.73 Å². The molecule has 5 nitrogen and oxygen atoms in total. The number of aryl methyl sites for hydroxylation is 1. The molecule has 0 aromatic carbocycles. The van der Waals surface area contributed by atoms with Crippen LogP contribution in [-0.2, 0) is 4.79 Å². The zero-order valence-electron chi connectivity index (χ0n) is 10.8. The molecule has 0 aliphatic rings. The Morgan fingerprint density at radius 2 is 2.29 bits per heavy atom. The molecule has 1 rings (SSSR count). The Morgan fingerprint density at radius 3 is 2.82 bits per heavy atom. The lowest BCUT2D eigenvalue weighted by molar-refractivity contribution is -0.130. The number of hydrogen-bond donors (Lipinski definition) is 2. The second-order valence-electron chi connectivity index (χ2n) is 4.14. The van der Waals surface area contributed by atoms with Crippen molar-refractivity contribution in [2.45, 2.75) is 26.8 Å². The van der Waals surface area contributed by atoms with E-state index >= 15 is 0 Å². The first kappa shape index (κ1) is 13.3. The molecule has 0 aliphatic heterocycles. The van der Waals surface area contributed by atoms with E-state index in [9.17, 15) is 4.79 Å². The molecular formula is C12H20N4O. The van der Waals surface area contributed by atoms with Gasteiger partial charge in [-0.05, 0) is 32.4 Å². The highest BCUT2D eigenvalue weighted by Crippen LogP contribution is 2.14. The van der Waals surface area contributed by atoms with Crippen LogP contribution in [0.1, 0.15) is 19.4 Å². The van der Waals surface area contributed by atoms with Crippen LogP contribution in [0.2, 0.25) is 0 Å². The SMILES string of the molecule is CCN(C)C(=O)C(C)Nc1cc(C)c(N)cn1. The van der Waals surface area contributed by atoms with Crippen LogP contribution in [0.3, 0.4) is 0 Å². The molecule has 1 aromatic rings. The van der Waals surface area contributed by atoms with Crippen LogP contribution < -0.4 is 11.1 Å². The highest BCUT2D eigenvalue weighted by Gasteiger charge is 2.16. The monoisotopic (exact) mass is 236 g/mol. The van der Waals surface area contributed by atoms with Gasteiger partial charge in [0.1, 0.15) is 11.9 Å². The van der Waals surface area contributed by atoms with Gasteiger partial charge in [-0.25, -0.2) is 4.98 Å². The smallest absolute Gasteiger partial charge is 0.244 e. The van der Waals surface area contributed by atoms with E-state index in [-0.39, 0.29) is 11.9 Å². The predicted octanol–water partition coefficient (Wildman–Crippen LogP) is 1.25. The molecule has 0 bridgehead atoms. The maximum absolute atomic E-state index is 11.8. The highest BCUT2D eigenvalue weighted by atomic mass is 16.2.